The van der Waals surface area contributed by atoms with Gasteiger partial charge in [-0.2, -0.15) is 5.10 Å². The van der Waals surface area contributed by atoms with Crippen molar-refractivity contribution in [2.24, 2.45) is 0 Å². The van der Waals surface area contributed by atoms with Crippen LogP contribution in [0.5, 0.6) is 0 Å². The molecule has 3 heterocycles. The zero-order chi connectivity index (χ0) is 13.2. The molecule has 0 aliphatic heterocycles. The van der Waals surface area contributed by atoms with Crippen LogP contribution in [0.25, 0.3) is 5.65 Å². The van der Waals surface area contributed by atoms with Gasteiger partial charge >= 0.3 is 0 Å². The molecule has 0 fully saturated rings. The molecule has 0 atom stereocenters. The molecule has 96 valence electrons. The number of imidazole rings is 1. The van der Waals surface area contributed by atoms with Gasteiger partial charge in [0.2, 0.25) is 0 Å². The smallest absolute Gasteiger partial charge is 0.274 e. The lowest BCUT2D eigenvalue weighted by Gasteiger charge is -2.13. The van der Waals surface area contributed by atoms with Crippen LogP contribution < -0.4 is 0 Å². The number of nitrogens with zero attached hydrogens (tertiary/aromatic N) is 5. The van der Waals surface area contributed by atoms with Crippen molar-refractivity contribution in [3.63, 3.8) is 0 Å². The van der Waals surface area contributed by atoms with Gasteiger partial charge in [0.1, 0.15) is 23.5 Å². The Morgan fingerprint density at radius 1 is 1.47 bits per heavy atom. The largest absolute Gasteiger partial charge is 0.333 e. The summed E-state index contributed by atoms with van der Waals surface area (Å²) >= 11 is 0. The number of aromatic amines is 1. The van der Waals surface area contributed by atoms with Gasteiger partial charge in [-0.15, -0.1) is 0 Å². The zero-order valence-electron chi connectivity index (χ0n) is 10.3. The molecule has 0 bridgehead atoms. The van der Waals surface area contributed by atoms with Crippen LogP contribution in [-0.4, -0.2) is 42.4 Å². The number of nitrogens with one attached hydrogen (secondary N) is 1. The first-order valence-electron chi connectivity index (χ1n) is 5.77. The van der Waals surface area contributed by atoms with Crippen LogP contribution in [0.3, 0.4) is 0 Å². The molecule has 0 spiro atoms. The molecule has 0 aromatic carbocycles. The van der Waals surface area contributed by atoms with Crippen molar-refractivity contribution in [1.82, 2.24) is 29.5 Å². The molecule has 19 heavy (non-hydrogen) atoms. The Labute approximate surface area is 108 Å². The Morgan fingerprint density at radius 3 is 3.11 bits per heavy atom. The van der Waals surface area contributed by atoms with Gasteiger partial charge in [0.05, 0.1) is 6.54 Å². The second kappa shape index (κ2) is 4.52. The molecule has 1 amide bonds. The van der Waals surface area contributed by atoms with Crippen LogP contribution in [0.1, 0.15) is 16.3 Å². The second-order valence-corrected chi connectivity index (χ2v) is 4.19. The van der Waals surface area contributed by atoms with Crippen LogP contribution in [0.2, 0.25) is 0 Å². The van der Waals surface area contributed by atoms with Crippen molar-refractivity contribution in [2.75, 3.05) is 7.05 Å². The van der Waals surface area contributed by atoms with Gasteiger partial charge < -0.3 is 9.30 Å². The highest BCUT2D eigenvalue weighted by molar-refractivity contribution is 5.92. The summed E-state index contributed by atoms with van der Waals surface area (Å²) in [6.45, 7) is 0.368. The molecule has 3 aromatic rings. The highest BCUT2D eigenvalue weighted by atomic mass is 16.2. The zero-order valence-corrected chi connectivity index (χ0v) is 10.3. The van der Waals surface area contributed by atoms with Crippen LogP contribution in [0, 0.1) is 0 Å². The first-order chi connectivity index (χ1) is 9.24. The van der Waals surface area contributed by atoms with Gasteiger partial charge in [-0.3, -0.25) is 9.89 Å². The maximum absolute atomic E-state index is 12.2. The maximum Gasteiger partial charge on any atom is 0.274 e. The van der Waals surface area contributed by atoms with Gasteiger partial charge in [0.15, 0.2) is 0 Å². The third kappa shape index (κ3) is 2.17. The summed E-state index contributed by atoms with van der Waals surface area (Å²) in [4.78, 5) is 22.0. The average molecular weight is 256 g/mol. The van der Waals surface area contributed by atoms with E-state index in [-0.39, 0.29) is 5.91 Å². The van der Waals surface area contributed by atoms with Crippen LogP contribution >= 0.6 is 0 Å². The van der Waals surface area contributed by atoms with Crippen molar-refractivity contribution >= 4 is 11.6 Å². The van der Waals surface area contributed by atoms with Crippen LogP contribution in [-0.2, 0) is 6.54 Å². The molecule has 0 unspecified atom stereocenters. The Bertz CT molecular complexity index is 669. The molecule has 0 radical (unpaired) electrons. The summed E-state index contributed by atoms with van der Waals surface area (Å²) < 4.78 is 1.82. The number of H-pyrrole nitrogens is 1. The lowest BCUT2D eigenvalue weighted by Crippen LogP contribution is -2.27. The van der Waals surface area contributed by atoms with E-state index >= 15 is 0 Å². The van der Waals surface area contributed by atoms with Gasteiger partial charge in [-0.25, -0.2) is 9.97 Å². The molecular formula is C12H12N6O. The molecule has 0 aliphatic carbocycles. The number of carbonyl (C=O) groups is 1. The number of fused-ring (bicyclic) bond motifs is 1. The van der Waals surface area contributed by atoms with E-state index in [2.05, 4.69) is 20.2 Å². The molecule has 0 aliphatic rings. The molecule has 0 saturated carbocycles. The topological polar surface area (TPSA) is 79.2 Å². The first kappa shape index (κ1) is 11.4. The molecule has 3 rings (SSSR count). The molecular weight excluding hydrogens is 244 g/mol. The van der Waals surface area contributed by atoms with E-state index in [4.69, 9.17) is 0 Å². The Hall–Kier alpha value is -2.70. The van der Waals surface area contributed by atoms with E-state index < -0.39 is 0 Å². The number of hydrogen-bond donors (Lipinski definition) is 1. The van der Waals surface area contributed by atoms with Crippen LogP contribution in [0.15, 0.2) is 36.9 Å². The Morgan fingerprint density at radius 2 is 2.37 bits per heavy atom. The summed E-state index contributed by atoms with van der Waals surface area (Å²) in [7, 11) is 1.70. The fourth-order valence-corrected chi connectivity index (χ4v) is 1.84. The van der Waals surface area contributed by atoms with Gasteiger partial charge in [0, 0.05) is 19.4 Å². The minimum atomic E-state index is -0.153. The number of hydrogen-bond acceptors (Lipinski definition) is 4. The quantitative estimate of drug-likeness (QED) is 0.749. The number of pyridine rings is 1. The third-order valence-corrected chi connectivity index (χ3v) is 2.78. The van der Waals surface area contributed by atoms with E-state index in [1.54, 1.807) is 18.1 Å². The fourth-order valence-electron chi connectivity index (χ4n) is 1.84. The van der Waals surface area contributed by atoms with E-state index in [9.17, 15) is 4.79 Å². The van der Waals surface area contributed by atoms with E-state index in [0.717, 1.165) is 5.65 Å². The predicted octanol–water partition coefficient (Wildman–Crippen LogP) is 0.725. The highest BCUT2D eigenvalue weighted by Gasteiger charge is 2.16. The number of carbonyl (C=O) groups excluding carboxylic acids is 1. The molecule has 3 aromatic heterocycles. The monoisotopic (exact) mass is 256 g/mol. The predicted molar refractivity (Wildman–Crippen MR) is 67.4 cm³/mol. The maximum atomic E-state index is 12.2. The van der Waals surface area contributed by atoms with E-state index in [0.29, 0.717) is 18.1 Å². The van der Waals surface area contributed by atoms with Gasteiger partial charge in [0.25, 0.3) is 5.91 Å². The lowest BCUT2D eigenvalue weighted by atomic mass is 10.4. The molecule has 7 nitrogen and oxygen atoms in total. The number of amides is 1. The summed E-state index contributed by atoms with van der Waals surface area (Å²) in [6.07, 6.45) is 4.99. The molecule has 7 heteroatoms. The number of aromatic nitrogens is 5. The number of rotatable bonds is 3. The minimum absolute atomic E-state index is 0.153. The second-order valence-electron chi connectivity index (χ2n) is 4.19. The Kier molecular flexibility index (Phi) is 2.71. The highest BCUT2D eigenvalue weighted by Crippen LogP contribution is 2.08. The fraction of sp³-hybridized carbons (Fsp3) is 0.167. The third-order valence-electron chi connectivity index (χ3n) is 2.78. The Balaban J connectivity index is 1.82. The van der Waals surface area contributed by atoms with Crippen molar-refractivity contribution in [1.29, 1.82) is 0 Å². The average Bonchev–Trinajstić information content (AvgIpc) is 3.05. The van der Waals surface area contributed by atoms with E-state index in [1.807, 2.05) is 28.8 Å². The molecule has 1 N–H and O–H groups in total. The summed E-state index contributed by atoms with van der Waals surface area (Å²) in [5, 5.41) is 6.47. The van der Waals surface area contributed by atoms with Gasteiger partial charge in [-0.1, -0.05) is 6.07 Å². The summed E-state index contributed by atoms with van der Waals surface area (Å²) in [5.41, 5.74) is 1.16. The van der Waals surface area contributed by atoms with Crippen LogP contribution in [0.4, 0.5) is 0 Å². The van der Waals surface area contributed by atoms with Crippen molar-refractivity contribution in [3.8, 4) is 0 Å². The normalized spacial score (nSPS) is 10.8. The first-order valence-corrected chi connectivity index (χ1v) is 5.77. The SMILES string of the molecule is CN(Cc1ncn[nH]1)C(=O)c1cn2ccccc2n1. The summed E-state index contributed by atoms with van der Waals surface area (Å²) in [6, 6.07) is 5.63. The minimum Gasteiger partial charge on any atom is -0.333 e. The van der Waals surface area contributed by atoms with Crippen molar-refractivity contribution < 1.29 is 4.79 Å². The lowest BCUT2D eigenvalue weighted by molar-refractivity contribution is 0.0776. The summed E-state index contributed by atoms with van der Waals surface area (Å²) in [5.74, 6) is 0.486. The van der Waals surface area contributed by atoms with Crippen molar-refractivity contribution in [3.05, 3.63) is 48.4 Å². The standard InChI is InChI=1S/C12H12N6O/c1-17(7-10-13-8-14-16-10)12(19)9-6-18-5-3-2-4-11(18)15-9/h2-6,8H,7H2,1H3,(H,13,14,16). The molecule has 0 saturated heterocycles. The van der Waals surface area contributed by atoms with E-state index in [1.165, 1.54) is 6.33 Å². The van der Waals surface area contributed by atoms with Gasteiger partial charge in [-0.05, 0) is 12.1 Å². The van der Waals surface area contributed by atoms with Crippen molar-refractivity contribution in [2.45, 2.75) is 6.54 Å².